The van der Waals surface area contributed by atoms with Crippen LogP contribution < -0.4 is 5.32 Å². The Labute approximate surface area is 111 Å². The fraction of sp³-hybridized carbons (Fsp3) is 0.273. The Morgan fingerprint density at radius 2 is 2.22 bits per heavy atom. The first-order valence-electron chi connectivity index (χ1n) is 4.93. The van der Waals surface area contributed by atoms with Gasteiger partial charge >= 0.3 is 5.97 Å². The number of carbonyl (C=O) groups is 2. The lowest BCUT2D eigenvalue weighted by Crippen LogP contribution is -2.43. The van der Waals surface area contributed by atoms with E-state index in [2.05, 4.69) is 26.0 Å². The molecule has 0 fully saturated rings. The number of benzene rings is 1. The molecule has 1 rings (SSSR count). The Hall–Kier alpha value is -1.47. The highest BCUT2D eigenvalue weighted by Gasteiger charge is 2.21. The van der Waals surface area contributed by atoms with Gasteiger partial charge < -0.3 is 15.2 Å². The third-order valence-electron chi connectivity index (χ3n) is 2.11. The first-order valence-corrected chi connectivity index (χ1v) is 5.72. The van der Waals surface area contributed by atoms with Crippen LogP contribution in [0.3, 0.4) is 0 Å². The standard InChI is InChI=1S/C11H11BrFNO4/c1-18-5-9(11(16)17)14-10(15)7-3-2-6(13)4-8(7)12/h2-4,9H,5H2,1H3,(H,14,15)(H,16,17). The van der Waals surface area contributed by atoms with E-state index in [0.29, 0.717) is 0 Å². The third-order valence-corrected chi connectivity index (χ3v) is 2.77. The van der Waals surface area contributed by atoms with Crippen LogP contribution >= 0.6 is 15.9 Å². The van der Waals surface area contributed by atoms with Crippen LogP contribution in [-0.2, 0) is 9.53 Å². The van der Waals surface area contributed by atoms with Crippen molar-refractivity contribution in [3.63, 3.8) is 0 Å². The molecule has 98 valence electrons. The van der Waals surface area contributed by atoms with Crippen LogP contribution in [0.2, 0.25) is 0 Å². The molecule has 7 heteroatoms. The maximum Gasteiger partial charge on any atom is 0.328 e. The molecule has 0 heterocycles. The van der Waals surface area contributed by atoms with Crippen LogP contribution in [0.15, 0.2) is 22.7 Å². The summed E-state index contributed by atoms with van der Waals surface area (Å²) < 4.78 is 17.8. The second-order valence-electron chi connectivity index (χ2n) is 3.44. The van der Waals surface area contributed by atoms with E-state index in [1.165, 1.54) is 13.2 Å². The molecule has 0 radical (unpaired) electrons. The molecule has 1 atom stereocenters. The fourth-order valence-electron chi connectivity index (χ4n) is 1.25. The van der Waals surface area contributed by atoms with Gasteiger partial charge in [-0.05, 0) is 34.1 Å². The molecule has 0 aromatic heterocycles. The first kappa shape index (κ1) is 14.6. The molecule has 0 saturated heterocycles. The van der Waals surface area contributed by atoms with Crippen LogP contribution in [0.25, 0.3) is 0 Å². The van der Waals surface area contributed by atoms with Gasteiger partial charge in [-0.1, -0.05) is 0 Å². The molecule has 1 aromatic carbocycles. The van der Waals surface area contributed by atoms with E-state index in [9.17, 15) is 14.0 Å². The van der Waals surface area contributed by atoms with Gasteiger partial charge in [0.25, 0.3) is 5.91 Å². The minimum atomic E-state index is -1.21. The second kappa shape index (κ2) is 6.46. The summed E-state index contributed by atoms with van der Waals surface area (Å²) in [7, 11) is 1.33. The van der Waals surface area contributed by atoms with E-state index in [-0.39, 0.29) is 16.6 Å². The van der Waals surface area contributed by atoms with E-state index in [1.54, 1.807) is 0 Å². The monoisotopic (exact) mass is 319 g/mol. The summed E-state index contributed by atoms with van der Waals surface area (Å²) in [6.07, 6.45) is 0. The second-order valence-corrected chi connectivity index (χ2v) is 4.30. The van der Waals surface area contributed by atoms with Gasteiger partial charge in [-0.2, -0.15) is 0 Å². The lowest BCUT2D eigenvalue weighted by Gasteiger charge is -2.14. The molecule has 5 nitrogen and oxygen atoms in total. The summed E-state index contributed by atoms with van der Waals surface area (Å²) in [5.41, 5.74) is 0.152. The van der Waals surface area contributed by atoms with Crippen molar-refractivity contribution in [2.45, 2.75) is 6.04 Å². The molecule has 0 spiro atoms. The lowest BCUT2D eigenvalue weighted by atomic mass is 10.2. The van der Waals surface area contributed by atoms with Crippen molar-refractivity contribution in [3.8, 4) is 0 Å². The van der Waals surface area contributed by atoms with Crippen molar-refractivity contribution in [1.82, 2.24) is 5.32 Å². The Bertz CT molecular complexity index is 466. The number of halogens is 2. The lowest BCUT2D eigenvalue weighted by molar-refractivity contribution is -0.140. The largest absolute Gasteiger partial charge is 0.480 e. The zero-order valence-corrected chi connectivity index (χ0v) is 11.0. The van der Waals surface area contributed by atoms with Crippen molar-refractivity contribution < 1.29 is 23.8 Å². The zero-order chi connectivity index (χ0) is 13.7. The topological polar surface area (TPSA) is 75.6 Å². The summed E-state index contributed by atoms with van der Waals surface area (Å²) >= 11 is 3.03. The van der Waals surface area contributed by atoms with E-state index in [0.717, 1.165) is 12.1 Å². The van der Waals surface area contributed by atoms with Crippen molar-refractivity contribution in [2.75, 3.05) is 13.7 Å². The highest BCUT2D eigenvalue weighted by atomic mass is 79.9. The summed E-state index contributed by atoms with van der Waals surface area (Å²) in [6, 6.07) is 2.35. The van der Waals surface area contributed by atoms with E-state index < -0.39 is 23.7 Å². The molecule has 2 N–H and O–H groups in total. The van der Waals surface area contributed by atoms with Gasteiger partial charge in [0.1, 0.15) is 5.82 Å². The van der Waals surface area contributed by atoms with Gasteiger partial charge in [0.05, 0.1) is 12.2 Å². The molecule has 0 bridgehead atoms. The van der Waals surface area contributed by atoms with Crippen molar-refractivity contribution in [2.24, 2.45) is 0 Å². The number of hydrogen-bond acceptors (Lipinski definition) is 3. The Kier molecular flexibility index (Phi) is 5.24. The number of carbonyl (C=O) groups excluding carboxylic acids is 1. The Morgan fingerprint density at radius 1 is 1.56 bits per heavy atom. The number of hydrogen-bond donors (Lipinski definition) is 2. The molecule has 18 heavy (non-hydrogen) atoms. The zero-order valence-electron chi connectivity index (χ0n) is 9.44. The number of carboxylic acids is 1. The van der Waals surface area contributed by atoms with Crippen molar-refractivity contribution >= 4 is 27.8 Å². The maximum atomic E-state index is 12.8. The number of carboxylic acid groups (broad SMARTS) is 1. The first-order chi connectivity index (χ1) is 8.45. The average molecular weight is 320 g/mol. The summed E-state index contributed by atoms with van der Waals surface area (Å²) in [4.78, 5) is 22.6. The molecule has 1 unspecified atom stereocenters. The molecule has 0 aliphatic rings. The van der Waals surface area contributed by atoms with Gasteiger partial charge in [0.2, 0.25) is 0 Å². The Balaban J connectivity index is 2.83. The number of rotatable bonds is 5. The van der Waals surface area contributed by atoms with Gasteiger partial charge in [0.15, 0.2) is 6.04 Å². The third kappa shape index (κ3) is 3.78. The van der Waals surface area contributed by atoms with Gasteiger partial charge in [-0.3, -0.25) is 4.79 Å². The Morgan fingerprint density at radius 3 is 2.72 bits per heavy atom. The maximum absolute atomic E-state index is 12.8. The highest BCUT2D eigenvalue weighted by Crippen LogP contribution is 2.17. The minimum absolute atomic E-state index is 0.152. The SMILES string of the molecule is COCC(NC(=O)c1ccc(F)cc1Br)C(=O)O. The quantitative estimate of drug-likeness (QED) is 0.860. The van der Waals surface area contributed by atoms with Gasteiger partial charge in [0, 0.05) is 11.6 Å². The van der Waals surface area contributed by atoms with Gasteiger partial charge in [-0.25, -0.2) is 9.18 Å². The average Bonchev–Trinajstić information content (AvgIpc) is 2.27. The number of aliphatic carboxylic acids is 1. The molecule has 1 aromatic rings. The normalized spacial score (nSPS) is 11.9. The molecule has 0 saturated carbocycles. The predicted octanol–water partition coefficient (Wildman–Crippen LogP) is 1.42. The van der Waals surface area contributed by atoms with Crippen molar-refractivity contribution in [1.29, 1.82) is 0 Å². The summed E-state index contributed by atoms with van der Waals surface area (Å²) in [6.45, 7) is -0.153. The van der Waals surface area contributed by atoms with E-state index in [1.807, 2.05) is 0 Å². The molecular weight excluding hydrogens is 309 g/mol. The number of nitrogens with one attached hydrogen (secondary N) is 1. The number of ether oxygens (including phenoxy) is 1. The van der Waals surface area contributed by atoms with Gasteiger partial charge in [-0.15, -0.1) is 0 Å². The van der Waals surface area contributed by atoms with Crippen LogP contribution in [-0.4, -0.2) is 36.7 Å². The summed E-state index contributed by atoms with van der Waals surface area (Å²) in [5, 5.41) is 11.1. The van der Waals surface area contributed by atoms with Crippen molar-refractivity contribution in [3.05, 3.63) is 34.1 Å². The number of amides is 1. The highest BCUT2D eigenvalue weighted by molar-refractivity contribution is 9.10. The van der Waals surface area contributed by atoms with E-state index in [4.69, 9.17) is 5.11 Å². The molecule has 0 aliphatic heterocycles. The minimum Gasteiger partial charge on any atom is -0.480 e. The van der Waals surface area contributed by atoms with Crippen LogP contribution in [0.1, 0.15) is 10.4 Å². The fourth-order valence-corrected chi connectivity index (χ4v) is 1.78. The summed E-state index contributed by atoms with van der Waals surface area (Å²) in [5.74, 6) is -2.32. The van der Waals surface area contributed by atoms with Crippen LogP contribution in [0, 0.1) is 5.82 Å². The molecule has 1 amide bonds. The smallest absolute Gasteiger partial charge is 0.328 e. The molecular formula is C11H11BrFNO4. The number of methoxy groups -OCH3 is 1. The predicted molar refractivity (Wildman–Crippen MR) is 64.9 cm³/mol. The van der Waals surface area contributed by atoms with Crippen LogP contribution in [0.4, 0.5) is 4.39 Å². The van der Waals surface area contributed by atoms with E-state index >= 15 is 0 Å². The molecule has 0 aliphatic carbocycles. The van der Waals surface area contributed by atoms with Crippen LogP contribution in [0.5, 0.6) is 0 Å².